The third kappa shape index (κ3) is 3.24. The van der Waals surface area contributed by atoms with Crippen molar-refractivity contribution in [1.82, 2.24) is 4.90 Å². The van der Waals surface area contributed by atoms with Crippen LogP contribution in [0.3, 0.4) is 0 Å². The molecular formula is C22H24N2O2. The molecule has 2 N–H and O–H groups in total. The fraction of sp³-hybridized carbons (Fsp3) is 0.364. The Bertz CT molecular complexity index is 859. The maximum absolute atomic E-state index is 13.0. The van der Waals surface area contributed by atoms with Crippen molar-refractivity contribution < 1.29 is 9.59 Å². The van der Waals surface area contributed by atoms with E-state index in [2.05, 4.69) is 18.2 Å². The Morgan fingerprint density at radius 3 is 2.46 bits per heavy atom. The zero-order valence-corrected chi connectivity index (χ0v) is 14.9. The lowest BCUT2D eigenvalue weighted by atomic mass is 9.89. The SMILES string of the molecule is NC(=O)C1Cc2ccccc2CN1C(=O)Cc1ccc2c(c1)CCCC2. The summed E-state index contributed by atoms with van der Waals surface area (Å²) in [6.07, 6.45) is 5.52. The highest BCUT2D eigenvalue weighted by Crippen LogP contribution is 2.26. The summed E-state index contributed by atoms with van der Waals surface area (Å²) in [6.45, 7) is 0.452. The number of aryl methyl sites for hydroxylation is 2. The first-order valence-corrected chi connectivity index (χ1v) is 9.38. The fourth-order valence-electron chi connectivity index (χ4n) is 4.21. The first-order chi connectivity index (χ1) is 12.6. The quantitative estimate of drug-likeness (QED) is 0.926. The van der Waals surface area contributed by atoms with Crippen LogP contribution in [-0.2, 0) is 41.8 Å². The predicted octanol–water partition coefficient (Wildman–Crippen LogP) is 2.55. The molecule has 0 bridgehead atoms. The second-order valence-electron chi connectivity index (χ2n) is 7.40. The van der Waals surface area contributed by atoms with Crippen LogP contribution < -0.4 is 5.73 Å². The Hall–Kier alpha value is -2.62. The van der Waals surface area contributed by atoms with E-state index in [0.29, 0.717) is 19.4 Å². The van der Waals surface area contributed by atoms with Gasteiger partial charge < -0.3 is 10.6 Å². The summed E-state index contributed by atoms with van der Waals surface area (Å²) in [5.41, 5.74) is 11.6. The van der Waals surface area contributed by atoms with Gasteiger partial charge in [-0.3, -0.25) is 9.59 Å². The largest absolute Gasteiger partial charge is 0.368 e. The first-order valence-electron chi connectivity index (χ1n) is 9.38. The highest BCUT2D eigenvalue weighted by atomic mass is 16.2. The van der Waals surface area contributed by atoms with Crippen LogP contribution in [0.25, 0.3) is 0 Å². The van der Waals surface area contributed by atoms with Crippen LogP contribution in [0.1, 0.15) is 40.7 Å². The van der Waals surface area contributed by atoms with Crippen molar-refractivity contribution >= 4 is 11.8 Å². The maximum Gasteiger partial charge on any atom is 0.240 e. The third-order valence-corrected chi connectivity index (χ3v) is 5.67. The molecule has 0 spiro atoms. The molecule has 1 aliphatic heterocycles. The van der Waals surface area contributed by atoms with Gasteiger partial charge in [0, 0.05) is 13.0 Å². The number of fused-ring (bicyclic) bond motifs is 2. The zero-order chi connectivity index (χ0) is 18.1. The normalized spacial score (nSPS) is 18.8. The predicted molar refractivity (Wildman–Crippen MR) is 100 cm³/mol. The second kappa shape index (κ2) is 6.94. The van der Waals surface area contributed by atoms with Crippen molar-refractivity contribution in [2.45, 2.75) is 51.1 Å². The van der Waals surface area contributed by atoms with E-state index in [1.54, 1.807) is 4.90 Å². The molecule has 0 radical (unpaired) electrons. The van der Waals surface area contributed by atoms with Crippen molar-refractivity contribution in [2.24, 2.45) is 5.73 Å². The topological polar surface area (TPSA) is 63.4 Å². The van der Waals surface area contributed by atoms with Gasteiger partial charge in [0.2, 0.25) is 11.8 Å². The van der Waals surface area contributed by atoms with Crippen molar-refractivity contribution in [3.8, 4) is 0 Å². The van der Waals surface area contributed by atoms with E-state index >= 15 is 0 Å². The molecular weight excluding hydrogens is 324 g/mol. The molecule has 0 saturated carbocycles. The maximum atomic E-state index is 13.0. The molecule has 2 aromatic carbocycles. The van der Waals surface area contributed by atoms with E-state index in [1.165, 1.54) is 24.0 Å². The molecule has 26 heavy (non-hydrogen) atoms. The Balaban J connectivity index is 1.55. The van der Waals surface area contributed by atoms with Gasteiger partial charge in [-0.05, 0) is 53.5 Å². The summed E-state index contributed by atoms with van der Waals surface area (Å²) in [5.74, 6) is -0.461. The number of hydrogen-bond donors (Lipinski definition) is 1. The number of benzene rings is 2. The Morgan fingerprint density at radius 2 is 1.69 bits per heavy atom. The van der Waals surface area contributed by atoms with E-state index in [1.807, 2.05) is 24.3 Å². The minimum absolute atomic E-state index is 0.0286. The van der Waals surface area contributed by atoms with Gasteiger partial charge >= 0.3 is 0 Å². The molecule has 4 nitrogen and oxygen atoms in total. The summed E-state index contributed by atoms with van der Waals surface area (Å²) in [4.78, 5) is 26.6. The molecule has 134 valence electrons. The lowest BCUT2D eigenvalue weighted by Gasteiger charge is -2.35. The van der Waals surface area contributed by atoms with Crippen LogP contribution in [0, 0.1) is 0 Å². The molecule has 2 aliphatic rings. The van der Waals surface area contributed by atoms with E-state index < -0.39 is 11.9 Å². The molecule has 0 fully saturated rings. The van der Waals surface area contributed by atoms with Gasteiger partial charge in [-0.2, -0.15) is 0 Å². The summed E-state index contributed by atoms with van der Waals surface area (Å²) in [6, 6.07) is 13.8. The number of nitrogens with two attached hydrogens (primary N) is 1. The summed E-state index contributed by atoms with van der Waals surface area (Å²) in [5, 5.41) is 0. The third-order valence-electron chi connectivity index (χ3n) is 5.67. The van der Waals surface area contributed by atoms with Crippen LogP contribution in [0.5, 0.6) is 0 Å². The number of nitrogens with zero attached hydrogens (tertiary/aromatic N) is 1. The lowest BCUT2D eigenvalue weighted by molar-refractivity contribution is -0.140. The number of carbonyl (C=O) groups is 2. The Labute approximate surface area is 154 Å². The average Bonchev–Trinajstić information content (AvgIpc) is 2.66. The molecule has 1 atom stereocenters. The Morgan fingerprint density at radius 1 is 0.962 bits per heavy atom. The number of hydrogen-bond acceptors (Lipinski definition) is 2. The van der Waals surface area contributed by atoms with E-state index in [4.69, 9.17) is 5.73 Å². The van der Waals surface area contributed by atoms with Crippen LogP contribution in [-0.4, -0.2) is 22.8 Å². The molecule has 2 amide bonds. The van der Waals surface area contributed by atoms with Gasteiger partial charge in [0.05, 0.1) is 6.42 Å². The van der Waals surface area contributed by atoms with Gasteiger partial charge in [-0.1, -0.05) is 42.5 Å². The van der Waals surface area contributed by atoms with E-state index in [-0.39, 0.29) is 5.91 Å². The molecule has 2 aromatic rings. The molecule has 4 heteroatoms. The van der Waals surface area contributed by atoms with Crippen molar-refractivity contribution in [2.75, 3.05) is 0 Å². The molecule has 4 rings (SSSR count). The highest BCUT2D eigenvalue weighted by molar-refractivity contribution is 5.88. The van der Waals surface area contributed by atoms with E-state index in [0.717, 1.165) is 29.5 Å². The summed E-state index contributed by atoms with van der Waals surface area (Å²) >= 11 is 0. The first kappa shape index (κ1) is 16.8. The average molecular weight is 348 g/mol. The number of rotatable bonds is 3. The molecule has 1 heterocycles. The highest BCUT2D eigenvalue weighted by Gasteiger charge is 2.33. The standard InChI is InChI=1S/C22H24N2O2/c23-22(26)20-13-18-7-3-4-8-19(18)14-24(20)21(25)12-15-9-10-16-5-1-2-6-17(16)11-15/h3-4,7-11,20H,1-2,5-6,12-14H2,(H2,23,26). The minimum atomic E-state index is -0.560. The summed E-state index contributed by atoms with van der Waals surface area (Å²) in [7, 11) is 0. The van der Waals surface area contributed by atoms with Gasteiger partial charge in [0.1, 0.15) is 6.04 Å². The fourth-order valence-corrected chi connectivity index (χ4v) is 4.21. The van der Waals surface area contributed by atoms with E-state index in [9.17, 15) is 9.59 Å². The second-order valence-corrected chi connectivity index (χ2v) is 7.40. The Kier molecular flexibility index (Phi) is 4.49. The molecule has 0 saturated heterocycles. The van der Waals surface area contributed by atoms with Gasteiger partial charge in [-0.25, -0.2) is 0 Å². The van der Waals surface area contributed by atoms with Crippen LogP contribution in [0.4, 0.5) is 0 Å². The number of primary amides is 1. The minimum Gasteiger partial charge on any atom is -0.368 e. The van der Waals surface area contributed by atoms with Crippen LogP contribution >= 0.6 is 0 Å². The number of amides is 2. The van der Waals surface area contributed by atoms with Crippen molar-refractivity contribution in [3.05, 3.63) is 70.3 Å². The van der Waals surface area contributed by atoms with Crippen molar-refractivity contribution in [3.63, 3.8) is 0 Å². The van der Waals surface area contributed by atoms with Gasteiger partial charge in [-0.15, -0.1) is 0 Å². The molecule has 0 aromatic heterocycles. The molecule has 1 aliphatic carbocycles. The zero-order valence-electron chi connectivity index (χ0n) is 14.9. The number of carbonyl (C=O) groups excluding carboxylic acids is 2. The molecule has 1 unspecified atom stereocenters. The van der Waals surface area contributed by atoms with Crippen molar-refractivity contribution in [1.29, 1.82) is 0 Å². The van der Waals surface area contributed by atoms with Crippen LogP contribution in [0.15, 0.2) is 42.5 Å². The lowest BCUT2D eigenvalue weighted by Crippen LogP contribution is -2.51. The van der Waals surface area contributed by atoms with Crippen LogP contribution in [0.2, 0.25) is 0 Å². The van der Waals surface area contributed by atoms with Gasteiger partial charge in [0.15, 0.2) is 0 Å². The monoisotopic (exact) mass is 348 g/mol. The van der Waals surface area contributed by atoms with Gasteiger partial charge in [0.25, 0.3) is 0 Å². The summed E-state index contributed by atoms with van der Waals surface area (Å²) < 4.78 is 0. The smallest absolute Gasteiger partial charge is 0.240 e.